The third-order valence-corrected chi connectivity index (χ3v) is 7.37. The highest BCUT2D eigenvalue weighted by atomic mass is 35.5. The molecular weight excluding hydrogens is 432 g/mol. The van der Waals surface area contributed by atoms with Gasteiger partial charge in [0, 0.05) is 6.04 Å². The Labute approximate surface area is 180 Å². The van der Waals surface area contributed by atoms with Gasteiger partial charge >= 0.3 is 6.03 Å². The minimum absolute atomic E-state index is 0.00995. The summed E-state index contributed by atoms with van der Waals surface area (Å²) in [5, 5.41) is 3.35. The van der Waals surface area contributed by atoms with Crippen molar-refractivity contribution in [3.63, 3.8) is 0 Å². The van der Waals surface area contributed by atoms with Crippen molar-refractivity contribution in [1.82, 2.24) is 20.5 Å². The lowest BCUT2D eigenvalue weighted by Gasteiger charge is -2.33. The van der Waals surface area contributed by atoms with Gasteiger partial charge in [0.05, 0.1) is 15.5 Å². The lowest BCUT2D eigenvalue weighted by molar-refractivity contribution is -0.134. The van der Waals surface area contributed by atoms with Crippen LogP contribution in [0.15, 0.2) is 23.1 Å². The Morgan fingerprint density at radius 2 is 1.90 bits per heavy atom. The van der Waals surface area contributed by atoms with Crippen molar-refractivity contribution in [3.05, 3.63) is 28.8 Å². The van der Waals surface area contributed by atoms with Crippen LogP contribution in [0, 0.1) is 5.92 Å². The number of hydrazine groups is 1. The predicted molar refractivity (Wildman–Crippen MR) is 110 cm³/mol. The maximum Gasteiger partial charge on any atom is 0.344 e. The Kier molecular flexibility index (Phi) is 6.13. The SMILES string of the molecule is CC1CCC2(CC1)NC(=O)N(NC(=O)c1cc(S(=O)(=O)NC(C)C)ccc1Cl)C2=O. The minimum atomic E-state index is -3.86. The molecule has 1 aromatic carbocycles. The summed E-state index contributed by atoms with van der Waals surface area (Å²) < 4.78 is 27.2. The van der Waals surface area contributed by atoms with Gasteiger partial charge in [0.25, 0.3) is 11.8 Å². The summed E-state index contributed by atoms with van der Waals surface area (Å²) in [7, 11) is -3.86. The van der Waals surface area contributed by atoms with Crippen LogP contribution in [-0.4, -0.2) is 42.9 Å². The quantitative estimate of drug-likeness (QED) is 0.585. The summed E-state index contributed by atoms with van der Waals surface area (Å²) in [5.74, 6) is -0.910. The first-order chi connectivity index (χ1) is 13.9. The third-order valence-electron chi connectivity index (χ3n) is 5.39. The molecule has 1 saturated heterocycles. The minimum Gasteiger partial charge on any atom is -0.322 e. The Bertz CT molecular complexity index is 987. The molecule has 30 heavy (non-hydrogen) atoms. The third kappa shape index (κ3) is 4.30. The standard InChI is InChI=1S/C19H25ClN4O5S/c1-11(2)23-30(28,29)13-4-5-15(20)14(10-13)16(25)22-24-17(26)19(21-18(24)27)8-6-12(3)7-9-19/h4-5,10-12,23H,6-9H2,1-3H3,(H,21,27)(H,22,25). The Balaban J connectivity index is 1.82. The number of rotatable bonds is 5. The second-order valence-electron chi connectivity index (χ2n) is 8.19. The first kappa shape index (κ1) is 22.5. The molecule has 4 amide bonds. The molecule has 0 bridgehead atoms. The average Bonchev–Trinajstić information content (AvgIpc) is 2.87. The number of hydrogen-bond acceptors (Lipinski definition) is 5. The highest BCUT2D eigenvalue weighted by Gasteiger charge is 2.53. The van der Waals surface area contributed by atoms with Crippen molar-refractivity contribution in [2.75, 3.05) is 0 Å². The van der Waals surface area contributed by atoms with Crippen LogP contribution in [0.3, 0.4) is 0 Å². The molecule has 1 aromatic rings. The summed E-state index contributed by atoms with van der Waals surface area (Å²) in [5.41, 5.74) is 1.10. The number of nitrogens with zero attached hydrogens (tertiary/aromatic N) is 1. The van der Waals surface area contributed by atoms with Gasteiger partial charge in [0.15, 0.2) is 0 Å². The fourth-order valence-electron chi connectivity index (χ4n) is 3.70. The van der Waals surface area contributed by atoms with Gasteiger partial charge in [-0.05, 0) is 63.6 Å². The second-order valence-corrected chi connectivity index (χ2v) is 10.3. The van der Waals surface area contributed by atoms with Gasteiger partial charge in [-0.1, -0.05) is 18.5 Å². The van der Waals surface area contributed by atoms with Crippen molar-refractivity contribution in [1.29, 1.82) is 0 Å². The van der Waals surface area contributed by atoms with Gasteiger partial charge in [-0.3, -0.25) is 15.0 Å². The van der Waals surface area contributed by atoms with E-state index in [-0.39, 0.29) is 21.5 Å². The maximum absolute atomic E-state index is 12.9. The predicted octanol–water partition coefficient (Wildman–Crippen LogP) is 2.17. The number of nitrogens with one attached hydrogen (secondary N) is 3. The van der Waals surface area contributed by atoms with E-state index in [4.69, 9.17) is 11.6 Å². The van der Waals surface area contributed by atoms with Crippen LogP contribution in [0.2, 0.25) is 5.02 Å². The number of halogens is 1. The molecule has 1 saturated carbocycles. The molecule has 3 N–H and O–H groups in total. The maximum atomic E-state index is 12.9. The number of carbonyl (C=O) groups is 3. The van der Waals surface area contributed by atoms with Crippen LogP contribution < -0.4 is 15.5 Å². The molecule has 0 radical (unpaired) electrons. The van der Waals surface area contributed by atoms with Gasteiger partial charge in [-0.25, -0.2) is 17.9 Å². The summed E-state index contributed by atoms with van der Waals surface area (Å²) in [6.45, 7) is 5.42. The van der Waals surface area contributed by atoms with E-state index < -0.39 is 33.4 Å². The number of carbonyl (C=O) groups excluding carboxylic acids is 3. The van der Waals surface area contributed by atoms with E-state index in [9.17, 15) is 22.8 Å². The Hall–Kier alpha value is -2.17. The smallest absolute Gasteiger partial charge is 0.322 e. The number of sulfonamides is 1. The van der Waals surface area contributed by atoms with E-state index in [1.807, 2.05) is 0 Å². The van der Waals surface area contributed by atoms with Gasteiger partial charge in [0.1, 0.15) is 5.54 Å². The summed E-state index contributed by atoms with van der Waals surface area (Å²) in [6.07, 6.45) is 2.59. The molecule has 0 atom stereocenters. The van der Waals surface area contributed by atoms with E-state index in [1.165, 1.54) is 12.1 Å². The van der Waals surface area contributed by atoms with E-state index >= 15 is 0 Å². The number of hydrogen-bond donors (Lipinski definition) is 3. The zero-order valence-electron chi connectivity index (χ0n) is 17.0. The molecule has 11 heteroatoms. The molecule has 1 aliphatic heterocycles. The Morgan fingerprint density at radius 1 is 1.27 bits per heavy atom. The number of imide groups is 1. The molecule has 2 aliphatic rings. The van der Waals surface area contributed by atoms with Crippen molar-refractivity contribution in [3.8, 4) is 0 Å². The van der Waals surface area contributed by atoms with Gasteiger partial charge in [-0.2, -0.15) is 5.01 Å². The summed E-state index contributed by atoms with van der Waals surface area (Å²) in [4.78, 5) is 37.9. The van der Waals surface area contributed by atoms with Crippen molar-refractivity contribution >= 4 is 39.5 Å². The van der Waals surface area contributed by atoms with Crippen molar-refractivity contribution in [2.24, 2.45) is 5.92 Å². The van der Waals surface area contributed by atoms with Crippen LogP contribution in [0.1, 0.15) is 56.8 Å². The van der Waals surface area contributed by atoms with Crippen LogP contribution >= 0.6 is 11.6 Å². The number of amides is 4. The zero-order valence-corrected chi connectivity index (χ0v) is 18.6. The van der Waals surface area contributed by atoms with Crippen molar-refractivity contribution in [2.45, 2.75) is 62.9 Å². The molecule has 3 rings (SSSR count). The van der Waals surface area contributed by atoms with E-state index in [2.05, 4.69) is 22.4 Å². The van der Waals surface area contributed by atoms with Gasteiger partial charge in [-0.15, -0.1) is 0 Å². The summed E-state index contributed by atoms with van der Waals surface area (Å²) >= 11 is 6.08. The molecule has 1 aliphatic carbocycles. The van der Waals surface area contributed by atoms with Gasteiger partial charge < -0.3 is 5.32 Å². The van der Waals surface area contributed by atoms with Crippen LogP contribution in [0.5, 0.6) is 0 Å². The topological polar surface area (TPSA) is 125 Å². The molecule has 0 unspecified atom stereocenters. The highest BCUT2D eigenvalue weighted by molar-refractivity contribution is 7.89. The van der Waals surface area contributed by atoms with E-state index in [0.29, 0.717) is 23.8 Å². The molecule has 0 aromatic heterocycles. The van der Waals surface area contributed by atoms with E-state index in [0.717, 1.165) is 18.9 Å². The van der Waals surface area contributed by atoms with E-state index in [1.54, 1.807) is 13.8 Å². The largest absolute Gasteiger partial charge is 0.344 e. The molecular formula is C19H25ClN4O5S. The number of benzene rings is 1. The monoisotopic (exact) mass is 456 g/mol. The second kappa shape index (κ2) is 8.16. The molecule has 164 valence electrons. The zero-order chi connectivity index (χ0) is 22.3. The first-order valence-electron chi connectivity index (χ1n) is 9.75. The molecule has 9 nitrogen and oxygen atoms in total. The molecule has 1 heterocycles. The average molecular weight is 457 g/mol. The van der Waals surface area contributed by atoms with Gasteiger partial charge in [0.2, 0.25) is 10.0 Å². The number of urea groups is 1. The summed E-state index contributed by atoms with van der Waals surface area (Å²) in [6, 6.07) is 2.60. The van der Waals surface area contributed by atoms with Crippen LogP contribution in [0.25, 0.3) is 0 Å². The highest BCUT2D eigenvalue weighted by Crippen LogP contribution is 2.36. The fourth-order valence-corrected chi connectivity index (χ4v) is 5.18. The molecule has 2 fully saturated rings. The lowest BCUT2D eigenvalue weighted by Crippen LogP contribution is -2.51. The fraction of sp³-hybridized carbons (Fsp3) is 0.526. The lowest BCUT2D eigenvalue weighted by atomic mass is 9.77. The first-order valence-corrected chi connectivity index (χ1v) is 11.6. The normalized spacial score (nSPS) is 24.4. The molecule has 1 spiro atoms. The Morgan fingerprint density at radius 3 is 2.50 bits per heavy atom. The van der Waals surface area contributed by atoms with Crippen LogP contribution in [-0.2, 0) is 14.8 Å². The van der Waals surface area contributed by atoms with Crippen molar-refractivity contribution < 1.29 is 22.8 Å². The van der Waals surface area contributed by atoms with Crippen LogP contribution in [0.4, 0.5) is 4.79 Å².